The van der Waals surface area contributed by atoms with Gasteiger partial charge in [-0.25, -0.2) is 4.98 Å². The zero-order valence-corrected chi connectivity index (χ0v) is 12.5. The SMILES string of the molecule is CCCN(Cc1nc(C)c(C)o1)CC1CCCNC1. The minimum atomic E-state index is 0.775. The summed E-state index contributed by atoms with van der Waals surface area (Å²) in [6, 6.07) is 0. The highest BCUT2D eigenvalue weighted by molar-refractivity contribution is 5.05. The molecule has 1 unspecified atom stereocenters. The van der Waals surface area contributed by atoms with Crippen LogP contribution >= 0.6 is 0 Å². The largest absolute Gasteiger partial charge is 0.444 e. The van der Waals surface area contributed by atoms with Gasteiger partial charge >= 0.3 is 0 Å². The van der Waals surface area contributed by atoms with Gasteiger partial charge in [0.1, 0.15) is 5.76 Å². The predicted molar refractivity (Wildman–Crippen MR) is 77.1 cm³/mol. The highest BCUT2D eigenvalue weighted by Crippen LogP contribution is 2.15. The molecule has 0 saturated carbocycles. The molecule has 1 aromatic rings. The molecule has 1 aliphatic rings. The molecule has 0 bridgehead atoms. The van der Waals surface area contributed by atoms with Gasteiger partial charge in [0.2, 0.25) is 5.89 Å². The Morgan fingerprint density at radius 1 is 1.42 bits per heavy atom. The van der Waals surface area contributed by atoms with Crippen molar-refractivity contribution >= 4 is 0 Å². The number of hydrogen-bond acceptors (Lipinski definition) is 4. The van der Waals surface area contributed by atoms with E-state index in [-0.39, 0.29) is 0 Å². The average molecular weight is 265 g/mol. The maximum Gasteiger partial charge on any atom is 0.208 e. The van der Waals surface area contributed by atoms with E-state index in [0.29, 0.717) is 0 Å². The molecule has 1 fully saturated rings. The van der Waals surface area contributed by atoms with Crippen molar-refractivity contribution in [1.29, 1.82) is 0 Å². The summed E-state index contributed by atoms with van der Waals surface area (Å²) in [5, 5.41) is 3.49. The fraction of sp³-hybridized carbons (Fsp3) is 0.800. The number of nitrogens with one attached hydrogen (secondary N) is 1. The fourth-order valence-corrected chi connectivity index (χ4v) is 2.79. The number of aryl methyl sites for hydroxylation is 2. The molecule has 1 aromatic heterocycles. The van der Waals surface area contributed by atoms with Crippen LogP contribution < -0.4 is 5.32 Å². The number of hydrogen-bond donors (Lipinski definition) is 1. The standard InChI is InChI=1S/C15H27N3O/c1-4-8-18(10-14-6-5-7-16-9-14)11-15-17-12(2)13(3)19-15/h14,16H,4-11H2,1-3H3. The molecule has 19 heavy (non-hydrogen) atoms. The zero-order chi connectivity index (χ0) is 13.7. The highest BCUT2D eigenvalue weighted by Gasteiger charge is 2.18. The normalized spacial score (nSPS) is 20.1. The van der Waals surface area contributed by atoms with Gasteiger partial charge in [-0.2, -0.15) is 0 Å². The Labute approximate surface area is 116 Å². The number of nitrogens with zero attached hydrogens (tertiary/aromatic N) is 2. The zero-order valence-electron chi connectivity index (χ0n) is 12.5. The maximum atomic E-state index is 5.71. The van der Waals surface area contributed by atoms with Crippen molar-refractivity contribution in [1.82, 2.24) is 15.2 Å². The number of aromatic nitrogens is 1. The van der Waals surface area contributed by atoms with Crippen LogP contribution in [0.2, 0.25) is 0 Å². The van der Waals surface area contributed by atoms with E-state index in [0.717, 1.165) is 49.4 Å². The molecule has 4 nitrogen and oxygen atoms in total. The lowest BCUT2D eigenvalue weighted by molar-refractivity contribution is 0.185. The van der Waals surface area contributed by atoms with Crippen LogP contribution in [-0.2, 0) is 6.54 Å². The van der Waals surface area contributed by atoms with Crippen LogP contribution in [0.3, 0.4) is 0 Å². The highest BCUT2D eigenvalue weighted by atomic mass is 16.4. The molecule has 1 atom stereocenters. The van der Waals surface area contributed by atoms with Crippen LogP contribution in [0.5, 0.6) is 0 Å². The molecule has 1 aliphatic heterocycles. The lowest BCUT2D eigenvalue weighted by Gasteiger charge is -2.29. The first-order chi connectivity index (χ1) is 9.19. The molecule has 0 radical (unpaired) electrons. The van der Waals surface area contributed by atoms with Gasteiger partial charge in [-0.15, -0.1) is 0 Å². The van der Waals surface area contributed by atoms with E-state index in [1.54, 1.807) is 0 Å². The van der Waals surface area contributed by atoms with Crippen molar-refractivity contribution in [2.45, 2.75) is 46.6 Å². The summed E-state index contributed by atoms with van der Waals surface area (Å²) in [7, 11) is 0. The fourth-order valence-electron chi connectivity index (χ4n) is 2.79. The minimum Gasteiger partial charge on any atom is -0.444 e. The summed E-state index contributed by atoms with van der Waals surface area (Å²) < 4.78 is 5.71. The van der Waals surface area contributed by atoms with E-state index in [4.69, 9.17) is 4.42 Å². The van der Waals surface area contributed by atoms with Crippen LogP contribution in [0.25, 0.3) is 0 Å². The van der Waals surface area contributed by atoms with E-state index >= 15 is 0 Å². The van der Waals surface area contributed by atoms with Gasteiger partial charge < -0.3 is 9.73 Å². The monoisotopic (exact) mass is 265 g/mol. The third-order valence-electron chi connectivity index (χ3n) is 3.89. The van der Waals surface area contributed by atoms with E-state index in [2.05, 4.69) is 22.1 Å². The van der Waals surface area contributed by atoms with Crippen molar-refractivity contribution in [2.75, 3.05) is 26.2 Å². The third-order valence-corrected chi connectivity index (χ3v) is 3.89. The van der Waals surface area contributed by atoms with Gasteiger partial charge in [0.05, 0.1) is 12.2 Å². The minimum absolute atomic E-state index is 0.775. The van der Waals surface area contributed by atoms with Gasteiger partial charge in [-0.05, 0) is 58.7 Å². The molecular formula is C15H27N3O. The molecule has 2 heterocycles. The molecule has 0 aliphatic carbocycles. The van der Waals surface area contributed by atoms with Crippen molar-refractivity contribution in [3.8, 4) is 0 Å². The molecule has 0 spiro atoms. The second-order valence-electron chi connectivity index (χ2n) is 5.70. The summed E-state index contributed by atoms with van der Waals surface area (Å²) in [6.07, 6.45) is 3.83. The van der Waals surface area contributed by atoms with Gasteiger partial charge in [0.15, 0.2) is 0 Å². The van der Waals surface area contributed by atoms with E-state index in [1.807, 2.05) is 13.8 Å². The van der Waals surface area contributed by atoms with Gasteiger partial charge in [-0.1, -0.05) is 6.92 Å². The molecule has 0 aromatic carbocycles. The third kappa shape index (κ3) is 4.32. The molecule has 1 saturated heterocycles. The smallest absolute Gasteiger partial charge is 0.208 e. The summed E-state index contributed by atoms with van der Waals surface area (Å²) in [5.74, 6) is 2.59. The first-order valence-electron chi connectivity index (χ1n) is 7.55. The summed E-state index contributed by atoms with van der Waals surface area (Å²) in [4.78, 5) is 6.99. The van der Waals surface area contributed by atoms with Crippen molar-refractivity contribution in [3.05, 3.63) is 17.3 Å². The molecule has 1 N–H and O–H groups in total. The van der Waals surface area contributed by atoms with Crippen LogP contribution in [0.15, 0.2) is 4.42 Å². The van der Waals surface area contributed by atoms with E-state index < -0.39 is 0 Å². The molecule has 2 rings (SSSR count). The number of piperidine rings is 1. The second-order valence-corrected chi connectivity index (χ2v) is 5.70. The maximum absolute atomic E-state index is 5.71. The Balaban J connectivity index is 1.91. The lowest BCUT2D eigenvalue weighted by Crippen LogP contribution is -2.38. The van der Waals surface area contributed by atoms with Gasteiger partial charge in [0, 0.05) is 6.54 Å². The van der Waals surface area contributed by atoms with Crippen LogP contribution in [-0.4, -0.2) is 36.1 Å². The van der Waals surface area contributed by atoms with E-state index in [1.165, 1.54) is 25.8 Å². The second kappa shape index (κ2) is 7.06. The van der Waals surface area contributed by atoms with Crippen molar-refractivity contribution < 1.29 is 4.42 Å². The van der Waals surface area contributed by atoms with Crippen LogP contribution in [0, 0.1) is 19.8 Å². The molecule has 4 heteroatoms. The van der Waals surface area contributed by atoms with Crippen molar-refractivity contribution in [3.63, 3.8) is 0 Å². The molecule has 108 valence electrons. The Bertz CT molecular complexity index is 363. The summed E-state index contributed by atoms with van der Waals surface area (Å²) in [6.45, 7) is 11.7. The Hall–Kier alpha value is -0.870. The van der Waals surface area contributed by atoms with Crippen LogP contribution in [0.4, 0.5) is 0 Å². The Kier molecular flexibility index (Phi) is 5.40. The molecular weight excluding hydrogens is 238 g/mol. The lowest BCUT2D eigenvalue weighted by atomic mass is 9.99. The number of oxazole rings is 1. The summed E-state index contributed by atoms with van der Waals surface area (Å²) in [5.41, 5.74) is 1.02. The first kappa shape index (κ1) is 14.5. The average Bonchev–Trinajstić information content (AvgIpc) is 2.70. The number of rotatable bonds is 6. The van der Waals surface area contributed by atoms with Gasteiger partial charge in [-0.3, -0.25) is 4.90 Å². The van der Waals surface area contributed by atoms with Crippen LogP contribution in [0.1, 0.15) is 43.5 Å². The summed E-state index contributed by atoms with van der Waals surface area (Å²) >= 11 is 0. The molecule has 0 amide bonds. The van der Waals surface area contributed by atoms with Gasteiger partial charge in [0.25, 0.3) is 0 Å². The predicted octanol–water partition coefficient (Wildman–Crippen LogP) is 2.50. The quantitative estimate of drug-likeness (QED) is 0.858. The van der Waals surface area contributed by atoms with Crippen molar-refractivity contribution in [2.24, 2.45) is 5.92 Å². The Morgan fingerprint density at radius 3 is 2.84 bits per heavy atom. The first-order valence-corrected chi connectivity index (χ1v) is 7.55. The topological polar surface area (TPSA) is 41.3 Å². The van der Waals surface area contributed by atoms with E-state index in [9.17, 15) is 0 Å². The Morgan fingerprint density at radius 2 is 2.26 bits per heavy atom.